The lowest BCUT2D eigenvalue weighted by Gasteiger charge is -1.90. The minimum atomic E-state index is 0.953. The van der Waals surface area contributed by atoms with Gasteiger partial charge < -0.3 is 0 Å². The molecule has 0 aliphatic heterocycles. The molecule has 60 valence electrons. The quantitative estimate of drug-likeness (QED) is 0.540. The summed E-state index contributed by atoms with van der Waals surface area (Å²) in [6.07, 6.45) is 11.5. The molecule has 2 unspecified atom stereocenters. The second kappa shape index (κ2) is 3.62. The maximum atomic E-state index is 5.08. The second-order valence-corrected chi connectivity index (χ2v) is 3.53. The first kappa shape index (κ1) is 8.40. The van der Waals surface area contributed by atoms with Gasteiger partial charge >= 0.3 is 0 Å². The summed E-state index contributed by atoms with van der Waals surface area (Å²) in [7, 11) is 0. The smallest absolute Gasteiger partial charge is 0.0162 e. The molecule has 11 heavy (non-hydrogen) atoms. The summed E-state index contributed by atoms with van der Waals surface area (Å²) in [5.41, 5.74) is 0. The highest BCUT2D eigenvalue weighted by Crippen LogP contribution is 2.48. The van der Waals surface area contributed by atoms with Gasteiger partial charge in [-0.25, -0.2) is 0 Å². The summed E-state index contributed by atoms with van der Waals surface area (Å²) in [6, 6.07) is 0. The Bertz CT molecular complexity index is 175. The van der Waals surface area contributed by atoms with Crippen LogP contribution in [0.4, 0.5) is 0 Å². The van der Waals surface area contributed by atoms with Crippen molar-refractivity contribution in [2.45, 2.75) is 26.7 Å². The number of hydrogen-bond donors (Lipinski definition) is 0. The molecule has 0 radical (unpaired) electrons. The van der Waals surface area contributed by atoms with Crippen molar-refractivity contribution >= 4 is 0 Å². The van der Waals surface area contributed by atoms with Crippen molar-refractivity contribution in [3.8, 4) is 12.3 Å². The van der Waals surface area contributed by atoms with E-state index in [2.05, 4.69) is 25.8 Å². The molecule has 1 fully saturated rings. The van der Waals surface area contributed by atoms with Crippen LogP contribution in [0, 0.1) is 30.1 Å². The molecule has 0 aromatic rings. The molecule has 0 spiro atoms. The Morgan fingerprint density at radius 2 is 2.00 bits per heavy atom. The minimum Gasteiger partial charge on any atom is -0.115 e. The van der Waals surface area contributed by atoms with Crippen molar-refractivity contribution in [3.05, 3.63) is 12.2 Å². The highest BCUT2D eigenvalue weighted by atomic mass is 14.5. The summed E-state index contributed by atoms with van der Waals surface area (Å²) in [4.78, 5) is 0. The number of rotatable bonds is 3. The van der Waals surface area contributed by atoms with E-state index in [-0.39, 0.29) is 0 Å². The fourth-order valence-electron chi connectivity index (χ4n) is 1.73. The van der Waals surface area contributed by atoms with Crippen LogP contribution in [0.3, 0.4) is 0 Å². The van der Waals surface area contributed by atoms with Crippen molar-refractivity contribution < 1.29 is 0 Å². The van der Waals surface area contributed by atoms with E-state index >= 15 is 0 Å². The van der Waals surface area contributed by atoms with Crippen molar-refractivity contribution in [3.63, 3.8) is 0 Å². The normalized spacial score (nSPS) is 35.5. The van der Waals surface area contributed by atoms with Crippen LogP contribution in [0.5, 0.6) is 0 Å². The van der Waals surface area contributed by atoms with E-state index in [1.807, 2.05) is 0 Å². The highest BCUT2D eigenvalue weighted by molar-refractivity contribution is 5.08. The highest BCUT2D eigenvalue weighted by Gasteiger charge is 2.41. The lowest BCUT2D eigenvalue weighted by molar-refractivity contribution is 0.666. The van der Waals surface area contributed by atoms with E-state index in [9.17, 15) is 0 Å². The zero-order chi connectivity index (χ0) is 8.27. The molecule has 0 saturated heterocycles. The third-order valence-corrected chi connectivity index (χ3v) is 2.92. The third kappa shape index (κ3) is 2.12. The van der Waals surface area contributed by atoms with Crippen LogP contribution in [0.2, 0.25) is 0 Å². The molecule has 0 heterocycles. The third-order valence-electron chi connectivity index (χ3n) is 2.92. The molecule has 0 aromatic carbocycles. The zero-order valence-corrected chi connectivity index (χ0v) is 7.38. The monoisotopic (exact) mass is 148 g/mol. The summed E-state index contributed by atoms with van der Waals surface area (Å²) in [5.74, 6) is 5.38. The van der Waals surface area contributed by atoms with Gasteiger partial charge in [0.05, 0.1) is 0 Å². The number of allylic oxidation sites excluding steroid dienone is 2. The average molecular weight is 148 g/mol. The van der Waals surface area contributed by atoms with Crippen LogP contribution in [-0.4, -0.2) is 0 Å². The van der Waals surface area contributed by atoms with Gasteiger partial charge in [-0.1, -0.05) is 25.8 Å². The van der Waals surface area contributed by atoms with Crippen molar-refractivity contribution in [2.24, 2.45) is 17.8 Å². The summed E-state index contributed by atoms with van der Waals surface area (Å²) in [6.45, 7) is 4.67. The van der Waals surface area contributed by atoms with Gasteiger partial charge in [-0.15, -0.1) is 6.42 Å². The molecular weight excluding hydrogens is 132 g/mol. The van der Waals surface area contributed by atoms with Crippen molar-refractivity contribution in [1.29, 1.82) is 0 Å². The molecule has 1 aliphatic carbocycles. The Kier molecular flexibility index (Phi) is 2.76. The van der Waals surface area contributed by atoms with Crippen molar-refractivity contribution in [2.75, 3.05) is 0 Å². The molecule has 0 aromatic heterocycles. The van der Waals surface area contributed by atoms with Gasteiger partial charge in [0.25, 0.3) is 0 Å². The summed E-state index contributed by atoms with van der Waals surface area (Å²) >= 11 is 0. The van der Waals surface area contributed by atoms with Gasteiger partial charge in [-0.2, -0.15) is 0 Å². The lowest BCUT2D eigenvalue weighted by atomic mass is 10.2. The molecule has 0 bridgehead atoms. The molecule has 1 rings (SSSR count). The Morgan fingerprint density at radius 3 is 2.45 bits per heavy atom. The lowest BCUT2D eigenvalue weighted by Crippen LogP contribution is -1.77. The Morgan fingerprint density at radius 1 is 1.36 bits per heavy atom. The fraction of sp³-hybridized carbons (Fsp3) is 0.636. The Balaban J connectivity index is 2.07. The van der Waals surface area contributed by atoms with Crippen LogP contribution >= 0.6 is 0 Å². The van der Waals surface area contributed by atoms with Gasteiger partial charge in [0.2, 0.25) is 0 Å². The predicted octanol–water partition coefficient (Wildman–Crippen LogP) is 2.86. The maximum Gasteiger partial charge on any atom is -0.0162 e. The van der Waals surface area contributed by atoms with Crippen LogP contribution in [-0.2, 0) is 0 Å². The molecule has 0 N–H and O–H groups in total. The van der Waals surface area contributed by atoms with E-state index in [4.69, 9.17) is 6.42 Å². The predicted molar refractivity (Wildman–Crippen MR) is 49.0 cm³/mol. The Labute approximate surface area is 69.7 Å². The van der Waals surface area contributed by atoms with Crippen LogP contribution < -0.4 is 0 Å². The standard InChI is InChI=1S/C11H16/c1-4-5-6-7-8-11-9(2)10(11)3/h1,5-6,9-11H,7-8H2,2-3H3. The molecule has 2 atom stereocenters. The van der Waals surface area contributed by atoms with E-state index in [1.165, 1.54) is 6.42 Å². The maximum absolute atomic E-state index is 5.08. The van der Waals surface area contributed by atoms with Crippen LogP contribution in [0.1, 0.15) is 26.7 Å². The number of terminal acetylenes is 1. The first-order chi connectivity index (χ1) is 5.27. The topological polar surface area (TPSA) is 0 Å². The van der Waals surface area contributed by atoms with E-state index in [0.717, 1.165) is 24.2 Å². The van der Waals surface area contributed by atoms with Gasteiger partial charge in [-0.3, -0.25) is 0 Å². The molecule has 1 aliphatic rings. The Hall–Kier alpha value is -0.700. The van der Waals surface area contributed by atoms with E-state index in [1.54, 1.807) is 6.08 Å². The minimum absolute atomic E-state index is 0.953. The molecule has 0 heteroatoms. The van der Waals surface area contributed by atoms with Gasteiger partial charge in [-0.05, 0) is 36.7 Å². The summed E-state index contributed by atoms with van der Waals surface area (Å²) in [5, 5.41) is 0. The van der Waals surface area contributed by atoms with E-state index in [0.29, 0.717) is 0 Å². The average Bonchev–Trinajstić information content (AvgIpc) is 2.55. The summed E-state index contributed by atoms with van der Waals surface area (Å²) < 4.78 is 0. The van der Waals surface area contributed by atoms with Crippen molar-refractivity contribution in [1.82, 2.24) is 0 Å². The first-order valence-electron chi connectivity index (χ1n) is 4.38. The molecule has 1 saturated carbocycles. The van der Waals surface area contributed by atoms with Gasteiger partial charge in [0.1, 0.15) is 0 Å². The SMILES string of the molecule is C#CC=CCCC1C(C)C1C. The van der Waals surface area contributed by atoms with Gasteiger partial charge in [0, 0.05) is 0 Å². The van der Waals surface area contributed by atoms with E-state index < -0.39 is 0 Å². The molecular formula is C11H16. The second-order valence-electron chi connectivity index (χ2n) is 3.53. The first-order valence-corrected chi connectivity index (χ1v) is 4.38. The molecule has 0 amide bonds. The zero-order valence-electron chi connectivity index (χ0n) is 7.38. The van der Waals surface area contributed by atoms with Gasteiger partial charge in [0.15, 0.2) is 0 Å². The number of hydrogen-bond acceptors (Lipinski definition) is 0. The molecule has 0 nitrogen and oxygen atoms in total. The van der Waals surface area contributed by atoms with Crippen LogP contribution in [0.15, 0.2) is 12.2 Å². The van der Waals surface area contributed by atoms with Crippen LogP contribution in [0.25, 0.3) is 0 Å². The fourth-order valence-corrected chi connectivity index (χ4v) is 1.73. The largest absolute Gasteiger partial charge is 0.115 e.